The molecule has 1 N–H and O–H groups in total. The first kappa shape index (κ1) is 23.8. The molecular formula is C26H30N2O6. The van der Waals surface area contributed by atoms with Crippen molar-refractivity contribution in [2.24, 2.45) is 0 Å². The molecule has 0 aliphatic carbocycles. The molecule has 0 radical (unpaired) electrons. The Kier molecular flexibility index (Phi) is 7.17. The van der Waals surface area contributed by atoms with E-state index in [1.54, 1.807) is 25.1 Å². The number of ether oxygens (including phenoxy) is 3. The summed E-state index contributed by atoms with van der Waals surface area (Å²) in [5.74, 6) is 0.195. The van der Waals surface area contributed by atoms with Gasteiger partial charge in [-0.1, -0.05) is 6.07 Å². The highest BCUT2D eigenvalue weighted by molar-refractivity contribution is 6.05. The van der Waals surface area contributed by atoms with Gasteiger partial charge in [0.25, 0.3) is 5.91 Å². The zero-order valence-electron chi connectivity index (χ0n) is 19.8. The van der Waals surface area contributed by atoms with Gasteiger partial charge in [-0.05, 0) is 75.1 Å². The van der Waals surface area contributed by atoms with Crippen LogP contribution in [0.2, 0.25) is 0 Å². The second-order valence-electron chi connectivity index (χ2n) is 8.75. The van der Waals surface area contributed by atoms with Crippen molar-refractivity contribution < 1.29 is 28.6 Å². The van der Waals surface area contributed by atoms with Crippen molar-refractivity contribution in [1.29, 1.82) is 0 Å². The molecule has 1 fully saturated rings. The van der Waals surface area contributed by atoms with Gasteiger partial charge >= 0.3 is 0 Å². The molecule has 2 aliphatic heterocycles. The summed E-state index contributed by atoms with van der Waals surface area (Å²) >= 11 is 0. The van der Waals surface area contributed by atoms with Crippen LogP contribution in [-0.2, 0) is 14.3 Å². The third kappa shape index (κ3) is 5.22. The smallest absolute Gasteiger partial charge is 0.265 e. The van der Waals surface area contributed by atoms with Crippen LogP contribution >= 0.6 is 0 Å². The van der Waals surface area contributed by atoms with E-state index >= 15 is 0 Å². The minimum Gasteiger partial charge on any atom is -0.485 e. The Labute approximate surface area is 199 Å². The van der Waals surface area contributed by atoms with E-state index in [0.717, 1.165) is 24.0 Å². The van der Waals surface area contributed by atoms with E-state index in [1.807, 2.05) is 32.0 Å². The van der Waals surface area contributed by atoms with Gasteiger partial charge < -0.3 is 19.5 Å². The molecular weight excluding hydrogens is 436 g/mol. The number of hydrogen-bond acceptors (Lipinski definition) is 6. The van der Waals surface area contributed by atoms with Gasteiger partial charge in [0, 0.05) is 18.7 Å². The number of rotatable bonds is 8. The van der Waals surface area contributed by atoms with Crippen molar-refractivity contribution in [3.63, 3.8) is 0 Å². The van der Waals surface area contributed by atoms with Crippen LogP contribution in [-0.4, -0.2) is 56.1 Å². The van der Waals surface area contributed by atoms with Gasteiger partial charge in [-0.2, -0.15) is 0 Å². The summed E-state index contributed by atoms with van der Waals surface area (Å²) < 4.78 is 16.8. The number of aryl methyl sites for hydroxylation is 2. The van der Waals surface area contributed by atoms with E-state index in [9.17, 15) is 14.4 Å². The normalized spacial score (nSPS) is 18.1. The van der Waals surface area contributed by atoms with Crippen molar-refractivity contribution in [1.82, 2.24) is 5.32 Å². The predicted molar refractivity (Wildman–Crippen MR) is 127 cm³/mol. The van der Waals surface area contributed by atoms with E-state index in [0.29, 0.717) is 35.9 Å². The second kappa shape index (κ2) is 10.3. The van der Waals surface area contributed by atoms with Gasteiger partial charge in [-0.15, -0.1) is 0 Å². The number of hydrogen-bond donors (Lipinski definition) is 1. The first-order valence-corrected chi connectivity index (χ1v) is 11.5. The molecule has 1 saturated heterocycles. The van der Waals surface area contributed by atoms with Crippen LogP contribution in [0.15, 0.2) is 36.4 Å². The predicted octanol–water partition coefficient (Wildman–Crippen LogP) is 2.97. The lowest BCUT2D eigenvalue weighted by atomic mass is 10.1. The fraction of sp³-hybridized carbons (Fsp3) is 0.423. The number of Topliss-reactive ketones (excluding diaryl/α,β-unsaturated/α-hetero) is 1. The highest BCUT2D eigenvalue weighted by atomic mass is 16.5. The van der Waals surface area contributed by atoms with E-state index in [2.05, 4.69) is 5.32 Å². The van der Waals surface area contributed by atoms with Gasteiger partial charge in [-0.3, -0.25) is 19.3 Å². The molecule has 4 rings (SSSR count). The molecule has 2 aromatic carbocycles. The average molecular weight is 467 g/mol. The molecule has 0 unspecified atom stereocenters. The maximum absolute atomic E-state index is 12.8. The molecule has 2 heterocycles. The van der Waals surface area contributed by atoms with Gasteiger partial charge in [0.2, 0.25) is 5.91 Å². The third-order valence-electron chi connectivity index (χ3n) is 6.30. The third-order valence-corrected chi connectivity index (χ3v) is 6.30. The number of fused-ring (bicyclic) bond motifs is 1. The summed E-state index contributed by atoms with van der Waals surface area (Å²) in [4.78, 5) is 39.7. The molecule has 34 heavy (non-hydrogen) atoms. The Bertz CT molecular complexity index is 1090. The van der Waals surface area contributed by atoms with Crippen LogP contribution in [0.25, 0.3) is 0 Å². The van der Waals surface area contributed by atoms with Crippen molar-refractivity contribution in [3.8, 4) is 11.5 Å². The largest absolute Gasteiger partial charge is 0.485 e. The van der Waals surface area contributed by atoms with E-state index in [-0.39, 0.29) is 36.9 Å². The molecule has 8 nitrogen and oxygen atoms in total. The summed E-state index contributed by atoms with van der Waals surface area (Å²) in [7, 11) is 0. The number of carbonyl (C=O) groups is 3. The number of nitrogens with zero attached hydrogens (tertiary/aromatic N) is 1. The van der Waals surface area contributed by atoms with Gasteiger partial charge in [0.15, 0.2) is 19.0 Å². The standard InChI is InChI=1S/C26H30N2O6/c1-16-6-8-20(11-17(16)2)33-14-23(29)19-7-9-24-22(12-19)28(25(30)15-34-24)18(3)26(31)27-13-21-5-4-10-32-21/h6-9,11-12,18,21H,4-5,10,13-15H2,1-3H3,(H,27,31)/t18-,21+/m0/s1. The van der Waals surface area contributed by atoms with Crippen molar-refractivity contribution in [2.45, 2.75) is 45.8 Å². The molecule has 0 saturated carbocycles. The molecule has 2 aliphatic rings. The van der Waals surface area contributed by atoms with Crippen molar-refractivity contribution in [3.05, 3.63) is 53.1 Å². The quantitative estimate of drug-likeness (QED) is 0.601. The first-order valence-electron chi connectivity index (χ1n) is 11.5. The minimum absolute atomic E-state index is 0.00497. The molecule has 0 bridgehead atoms. The van der Waals surface area contributed by atoms with Gasteiger partial charge in [0.1, 0.15) is 17.5 Å². The SMILES string of the molecule is Cc1ccc(OCC(=O)c2ccc3c(c2)N([C@@H](C)C(=O)NC[C@H]2CCCO2)C(=O)CO3)cc1C. The summed E-state index contributed by atoms with van der Waals surface area (Å²) in [6, 6.07) is 9.76. The van der Waals surface area contributed by atoms with Crippen LogP contribution in [0.3, 0.4) is 0 Å². The average Bonchev–Trinajstić information content (AvgIpc) is 3.36. The Morgan fingerprint density at radius 3 is 2.74 bits per heavy atom. The number of benzene rings is 2. The fourth-order valence-electron chi connectivity index (χ4n) is 4.09. The van der Waals surface area contributed by atoms with Gasteiger partial charge in [-0.25, -0.2) is 0 Å². The Morgan fingerprint density at radius 1 is 1.18 bits per heavy atom. The molecule has 0 aromatic heterocycles. The lowest BCUT2D eigenvalue weighted by Gasteiger charge is -2.33. The molecule has 8 heteroatoms. The minimum atomic E-state index is -0.770. The summed E-state index contributed by atoms with van der Waals surface area (Å²) in [6.07, 6.45) is 1.89. The van der Waals surface area contributed by atoms with Crippen LogP contribution in [0.5, 0.6) is 11.5 Å². The Balaban J connectivity index is 1.46. The molecule has 180 valence electrons. The summed E-state index contributed by atoms with van der Waals surface area (Å²) in [5, 5.41) is 2.87. The highest BCUT2D eigenvalue weighted by Crippen LogP contribution is 2.34. The van der Waals surface area contributed by atoms with Crippen LogP contribution < -0.4 is 19.7 Å². The first-order chi connectivity index (χ1) is 16.3. The maximum atomic E-state index is 12.8. The number of ketones is 1. The van der Waals surface area contributed by atoms with E-state index in [4.69, 9.17) is 14.2 Å². The molecule has 2 amide bonds. The van der Waals surface area contributed by atoms with Gasteiger partial charge in [0.05, 0.1) is 11.8 Å². The molecule has 0 spiro atoms. The van der Waals surface area contributed by atoms with Crippen LogP contribution in [0, 0.1) is 13.8 Å². The number of amides is 2. The maximum Gasteiger partial charge on any atom is 0.265 e. The number of anilines is 1. The lowest BCUT2D eigenvalue weighted by molar-refractivity contribution is -0.127. The summed E-state index contributed by atoms with van der Waals surface area (Å²) in [5.41, 5.74) is 3.00. The zero-order valence-corrected chi connectivity index (χ0v) is 19.8. The second-order valence-corrected chi connectivity index (χ2v) is 8.75. The van der Waals surface area contributed by atoms with E-state index in [1.165, 1.54) is 4.90 Å². The van der Waals surface area contributed by atoms with Crippen molar-refractivity contribution >= 4 is 23.3 Å². The van der Waals surface area contributed by atoms with Crippen molar-refractivity contribution in [2.75, 3.05) is 31.3 Å². The highest BCUT2D eigenvalue weighted by Gasteiger charge is 2.34. The Hall–Kier alpha value is -3.39. The fourth-order valence-corrected chi connectivity index (χ4v) is 4.09. The Morgan fingerprint density at radius 2 is 2.00 bits per heavy atom. The summed E-state index contributed by atoms with van der Waals surface area (Å²) in [6.45, 7) is 6.45. The lowest BCUT2D eigenvalue weighted by Crippen LogP contribution is -2.52. The monoisotopic (exact) mass is 466 g/mol. The zero-order chi connectivity index (χ0) is 24.2. The molecule has 2 atom stereocenters. The van der Waals surface area contributed by atoms with E-state index < -0.39 is 6.04 Å². The van der Waals surface area contributed by atoms with Crippen LogP contribution in [0.1, 0.15) is 41.3 Å². The number of carbonyl (C=O) groups excluding carboxylic acids is 3. The van der Waals surface area contributed by atoms with Crippen LogP contribution in [0.4, 0.5) is 5.69 Å². The topological polar surface area (TPSA) is 94.2 Å². The number of nitrogens with one attached hydrogen (secondary N) is 1. The molecule has 2 aromatic rings.